The summed E-state index contributed by atoms with van der Waals surface area (Å²) >= 11 is 1.62. The Bertz CT molecular complexity index is 703. The molecule has 0 saturated heterocycles. The van der Waals surface area contributed by atoms with Gasteiger partial charge in [-0.2, -0.15) is 0 Å². The van der Waals surface area contributed by atoms with Crippen LogP contribution in [-0.4, -0.2) is 12.1 Å². The van der Waals surface area contributed by atoms with Crippen LogP contribution >= 0.6 is 11.3 Å². The average Bonchev–Trinajstić information content (AvgIpc) is 2.95. The molecule has 96 valence electrons. The molecule has 0 aliphatic rings. The van der Waals surface area contributed by atoms with E-state index >= 15 is 0 Å². The summed E-state index contributed by atoms with van der Waals surface area (Å²) in [6, 6.07) is 10.00. The molecule has 0 fully saturated rings. The topological polar surface area (TPSA) is 48.1 Å². The van der Waals surface area contributed by atoms with E-state index in [9.17, 15) is 0 Å². The molecule has 0 radical (unpaired) electrons. The molecule has 0 saturated carbocycles. The lowest BCUT2D eigenvalue weighted by Gasteiger charge is -2.12. The molecule has 2 heterocycles. The lowest BCUT2D eigenvalue weighted by molar-refractivity contribution is 0.416. The minimum atomic E-state index is -0.151. The van der Waals surface area contributed by atoms with E-state index in [0.717, 1.165) is 27.0 Å². The number of pyridine rings is 1. The summed E-state index contributed by atoms with van der Waals surface area (Å²) in [6.07, 6.45) is 3.67. The van der Waals surface area contributed by atoms with Crippen molar-refractivity contribution in [3.8, 4) is 5.75 Å². The van der Waals surface area contributed by atoms with E-state index in [-0.39, 0.29) is 6.04 Å². The Balaban J connectivity index is 2.08. The molecule has 0 bridgehead atoms. The van der Waals surface area contributed by atoms with Crippen LogP contribution in [-0.2, 0) is 0 Å². The normalized spacial score (nSPS) is 12.5. The van der Waals surface area contributed by atoms with Gasteiger partial charge in [-0.05, 0) is 23.1 Å². The number of rotatable bonds is 3. The molecule has 0 aliphatic carbocycles. The molecule has 3 nitrogen and oxygen atoms in total. The fraction of sp³-hybridized carbons (Fsp3) is 0.133. The Kier molecular flexibility index (Phi) is 3.19. The number of hydrogen-bond acceptors (Lipinski definition) is 4. The summed E-state index contributed by atoms with van der Waals surface area (Å²) in [6.45, 7) is 0. The quantitative estimate of drug-likeness (QED) is 0.794. The lowest BCUT2D eigenvalue weighted by atomic mass is 10.00. The molecule has 0 spiro atoms. The fourth-order valence-corrected chi connectivity index (χ4v) is 3.04. The van der Waals surface area contributed by atoms with Gasteiger partial charge >= 0.3 is 0 Å². The molecule has 19 heavy (non-hydrogen) atoms. The zero-order valence-electron chi connectivity index (χ0n) is 10.5. The minimum absolute atomic E-state index is 0.151. The van der Waals surface area contributed by atoms with Crippen molar-refractivity contribution in [2.24, 2.45) is 5.73 Å². The highest BCUT2D eigenvalue weighted by Gasteiger charge is 2.14. The number of thiophene rings is 1. The Labute approximate surface area is 115 Å². The van der Waals surface area contributed by atoms with E-state index < -0.39 is 0 Å². The van der Waals surface area contributed by atoms with Gasteiger partial charge in [0.25, 0.3) is 0 Å². The van der Waals surface area contributed by atoms with Crippen LogP contribution < -0.4 is 10.5 Å². The second-order valence-corrected chi connectivity index (χ2v) is 5.25. The molecule has 1 unspecified atom stereocenters. The second-order valence-electron chi connectivity index (χ2n) is 4.31. The standard InChI is InChI=1S/C15H14N2OS/c1-18-11-7-14(19-9-11)15(16)12-4-2-3-10-5-6-17-8-13(10)12/h2-9,15H,16H2,1H3. The summed E-state index contributed by atoms with van der Waals surface area (Å²) in [5.41, 5.74) is 7.47. The van der Waals surface area contributed by atoms with E-state index in [2.05, 4.69) is 17.1 Å². The minimum Gasteiger partial charge on any atom is -0.496 e. The van der Waals surface area contributed by atoms with Crippen molar-refractivity contribution < 1.29 is 4.74 Å². The van der Waals surface area contributed by atoms with E-state index in [1.54, 1.807) is 24.6 Å². The third kappa shape index (κ3) is 2.20. The van der Waals surface area contributed by atoms with Gasteiger partial charge in [0.05, 0.1) is 13.2 Å². The van der Waals surface area contributed by atoms with Gasteiger partial charge in [-0.25, -0.2) is 0 Å². The first-order valence-corrected chi connectivity index (χ1v) is 6.88. The van der Waals surface area contributed by atoms with Crippen LogP contribution in [0.4, 0.5) is 0 Å². The van der Waals surface area contributed by atoms with Crippen molar-refractivity contribution in [3.63, 3.8) is 0 Å². The molecular weight excluding hydrogens is 256 g/mol. The molecule has 2 aromatic heterocycles. The molecule has 3 rings (SSSR count). The van der Waals surface area contributed by atoms with Gasteiger partial charge < -0.3 is 10.5 Å². The first-order chi connectivity index (χ1) is 9.29. The maximum Gasteiger partial charge on any atom is 0.129 e. The van der Waals surface area contributed by atoms with Crippen molar-refractivity contribution in [3.05, 3.63) is 58.5 Å². The van der Waals surface area contributed by atoms with Crippen molar-refractivity contribution in [1.29, 1.82) is 0 Å². The second kappa shape index (κ2) is 4.99. The van der Waals surface area contributed by atoms with Crippen LogP contribution in [0.2, 0.25) is 0 Å². The third-order valence-corrected chi connectivity index (χ3v) is 4.18. The van der Waals surface area contributed by atoms with Gasteiger partial charge in [-0.15, -0.1) is 11.3 Å². The van der Waals surface area contributed by atoms with Gasteiger partial charge in [0.2, 0.25) is 0 Å². The van der Waals surface area contributed by atoms with Crippen LogP contribution in [0, 0.1) is 0 Å². The molecule has 0 amide bonds. The SMILES string of the molecule is COc1csc(C(N)c2cccc3ccncc23)c1. The monoisotopic (exact) mass is 270 g/mol. The molecule has 4 heteroatoms. The number of fused-ring (bicyclic) bond motifs is 1. The highest BCUT2D eigenvalue weighted by molar-refractivity contribution is 7.10. The van der Waals surface area contributed by atoms with Crippen LogP contribution in [0.1, 0.15) is 16.5 Å². The van der Waals surface area contributed by atoms with Crippen molar-refractivity contribution in [2.75, 3.05) is 7.11 Å². The smallest absolute Gasteiger partial charge is 0.129 e. The number of aromatic nitrogens is 1. The molecule has 0 aliphatic heterocycles. The Hall–Kier alpha value is -1.91. The zero-order chi connectivity index (χ0) is 13.2. The third-order valence-electron chi connectivity index (χ3n) is 3.19. The maximum atomic E-state index is 6.38. The Morgan fingerprint density at radius 1 is 1.32 bits per heavy atom. The Morgan fingerprint density at radius 2 is 2.21 bits per heavy atom. The molecule has 3 aromatic rings. The van der Waals surface area contributed by atoms with Gasteiger partial charge in [0, 0.05) is 28.0 Å². The van der Waals surface area contributed by atoms with E-state index in [1.165, 1.54) is 0 Å². The van der Waals surface area contributed by atoms with Crippen LogP contribution in [0.15, 0.2) is 48.1 Å². The summed E-state index contributed by atoms with van der Waals surface area (Å²) in [4.78, 5) is 5.29. The van der Waals surface area contributed by atoms with E-state index in [0.29, 0.717) is 0 Å². The highest BCUT2D eigenvalue weighted by atomic mass is 32.1. The lowest BCUT2D eigenvalue weighted by Crippen LogP contribution is -2.10. The largest absolute Gasteiger partial charge is 0.496 e. The van der Waals surface area contributed by atoms with Gasteiger partial charge in [0.15, 0.2) is 0 Å². The van der Waals surface area contributed by atoms with Crippen LogP contribution in [0.25, 0.3) is 10.8 Å². The summed E-state index contributed by atoms with van der Waals surface area (Å²) in [7, 11) is 1.67. The summed E-state index contributed by atoms with van der Waals surface area (Å²) < 4.78 is 5.21. The number of ether oxygens (including phenoxy) is 1. The van der Waals surface area contributed by atoms with E-state index in [4.69, 9.17) is 10.5 Å². The summed E-state index contributed by atoms with van der Waals surface area (Å²) in [5.74, 6) is 0.855. The highest BCUT2D eigenvalue weighted by Crippen LogP contribution is 2.32. The average molecular weight is 270 g/mol. The molecular formula is C15H14N2OS. The van der Waals surface area contributed by atoms with Crippen LogP contribution in [0.3, 0.4) is 0 Å². The molecule has 1 atom stereocenters. The number of hydrogen-bond donors (Lipinski definition) is 1. The molecule has 1 aromatic carbocycles. The van der Waals surface area contributed by atoms with Crippen LogP contribution in [0.5, 0.6) is 5.75 Å². The van der Waals surface area contributed by atoms with Crippen molar-refractivity contribution in [1.82, 2.24) is 4.98 Å². The summed E-state index contributed by atoms with van der Waals surface area (Å²) in [5, 5.41) is 4.23. The van der Waals surface area contributed by atoms with E-state index in [1.807, 2.05) is 29.8 Å². The number of nitrogens with zero attached hydrogens (tertiary/aromatic N) is 1. The van der Waals surface area contributed by atoms with Crippen molar-refractivity contribution >= 4 is 22.1 Å². The number of nitrogens with two attached hydrogens (primary N) is 1. The Morgan fingerprint density at radius 3 is 3.00 bits per heavy atom. The first-order valence-electron chi connectivity index (χ1n) is 6.00. The number of methoxy groups -OCH3 is 1. The predicted octanol–water partition coefficient (Wildman–Crippen LogP) is 3.35. The van der Waals surface area contributed by atoms with Gasteiger partial charge in [-0.3, -0.25) is 4.98 Å². The van der Waals surface area contributed by atoms with Gasteiger partial charge in [0.1, 0.15) is 5.75 Å². The molecule has 2 N–H and O–H groups in total. The fourth-order valence-electron chi connectivity index (χ4n) is 2.17. The van der Waals surface area contributed by atoms with Crippen molar-refractivity contribution in [2.45, 2.75) is 6.04 Å². The first kappa shape index (κ1) is 12.1. The maximum absolute atomic E-state index is 6.38. The predicted molar refractivity (Wildman–Crippen MR) is 78.6 cm³/mol. The number of benzene rings is 1. The van der Waals surface area contributed by atoms with Gasteiger partial charge in [-0.1, -0.05) is 18.2 Å². The zero-order valence-corrected chi connectivity index (χ0v) is 11.4.